The van der Waals surface area contributed by atoms with E-state index in [0.29, 0.717) is 31.2 Å². The number of carbonyl (C=O) groups excluding carboxylic acids is 3. The second-order valence-electron chi connectivity index (χ2n) is 7.13. The van der Waals surface area contributed by atoms with E-state index in [4.69, 9.17) is 4.74 Å². The van der Waals surface area contributed by atoms with Crippen LogP contribution in [-0.2, 0) is 14.3 Å². The van der Waals surface area contributed by atoms with Gasteiger partial charge in [0.15, 0.2) is 0 Å². The maximum atomic E-state index is 12.8. The largest absolute Gasteiger partial charge is 0.378 e. The molecule has 0 saturated carbocycles. The summed E-state index contributed by atoms with van der Waals surface area (Å²) in [6, 6.07) is 5.79. The quantitative estimate of drug-likeness (QED) is 0.698. The van der Waals surface area contributed by atoms with E-state index in [0.717, 1.165) is 39.3 Å². The molecule has 2 aliphatic heterocycles. The van der Waals surface area contributed by atoms with Gasteiger partial charge < -0.3 is 14.2 Å². The zero-order valence-electron chi connectivity index (χ0n) is 16.8. The summed E-state index contributed by atoms with van der Waals surface area (Å²) >= 11 is 0.866. The Kier molecular flexibility index (Phi) is 5.74. The summed E-state index contributed by atoms with van der Waals surface area (Å²) in [5.41, 5.74) is 3.71. The van der Waals surface area contributed by atoms with E-state index in [1.54, 1.807) is 23.4 Å². The van der Waals surface area contributed by atoms with Crippen LogP contribution in [-0.4, -0.2) is 69.3 Å². The summed E-state index contributed by atoms with van der Waals surface area (Å²) in [5.74, 6) is -0.672. The van der Waals surface area contributed by atoms with Crippen LogP contribution >= 0.6 is 11.8 Å². The minimum atomic E-state index is -0.433. The van der Waals surface area contributed by atoms with Crippen LogP contribution in [0.5, 0.6) is 0 Å². The van der Waals surface area contributed by atoms with Crippen LogP contribution in [0.3, 0.4) is 0 Å². The van der Waals surface area contributed by atoms with E-state index in [1.165, 1.54) is 0 Å². The van der Waals surface area contributed by atoms with Crippen molar-refractivity contribution >= 4 is 34.9 Å². The minimum absolute atomic E-state index is 0.239. The predicted molar refractivity (Wildman–Crippen MR) is 113 cm³/mol. The van der Waals surface area contributed by atoms with E-state index in [2.05, 4.69) is 4.98 Å². The number of hydrogen-bond donors (Lipinski definition) is 0. The summed E-state index contributed by atoms with van der Waals surface area (Å²) in [7, 11) is 0. The van der Waals surface area contributed by atoms with E-state index in [-0.39, 0.29) is 12.5 Å². The number of imide groups is 1. The summed E-state index contributed by atoms with van der Waals surface area (Å²) in [6.07, 6.45) is 5.21. The molecule has 0 spiro atoms. The average molecular weight is 426 g/mol. The van der Waals surface area contributed by atoms with Crippen molar-refractivity contribution in [2.24, 2.45) is 0 Å². The molecule has 156 valence electrons. The Hall–Kier alpha value is -2.91. The van der Waals surface area contributed by atoms with Crippen LogP contribution < -0.4 is 0 Å². The van der Waals surface area contributed by atoms with Gasteiger partial charge in [-0.2, -0.15) is 0 Å². The number of amides is 3. The van der Waals surface area contributed by atoms with Crippen molar-refractivity contribution in [2.45, 2.75) is 13.8 Å². The van der Waals surface area contributed by atoms with E-state index in [1.807, 2.05) is 36.6 Å². The van der Waals surface area contributed by atoms with E-state index in [9.17, 15) is 14.4 Å². The van der Waals surface area contributed by atoms with Gasteiger partial charge in [0.2, 0.25) is 5.91 Å². The summed E-state index contributed by atoms with van der Waals surface area (Å²) in [4.78, 5) is 44.8. The molecule has 0 bridgehead atoms. The minimum Gasteiger partial charge on any atom is -0.378 e. The molecule has 2 fully saturated rings. The number of nitrogens with zero attached hydrogens (tertiary/aromatic N) is 4. The Morgan fingerprint density at radius 2 is 2.03 bits per heavy atom. The number of ether oxygens (including phenoxy) is 1. The van der Waals surface area contributed by atoms with Crippen molar-refractivity contribution in [3.05, 3.63) is 52.4 Å². The number of morpholine rings is 1. The van der Waals surface area contributed by atoms with Crippen molar-refractivity contribution in [3.8, 4) is 5.69 Å². The van der Waals surface area contributed by atoms with E-state index < -0.39 is 11.1 Å². The molecule has 0 N–H and O–H groups in total. The van der Waals surface area contributed by atoms with Gasteiger partial charge in [-0.3, -0.25) is 24.3 Å². The zero-order chi connectivity index (χ0) is 21.3. The van der Waals surface area contributed by atoms with Crippen molar-refractivity contribution in [1.29, 1.82) is 0 Å². The van der Waals surface area contributed by atoms with Crippen LogP contribution in [0, 0.1) is 13.8 Å². The molecule has 0 aliphatic carbocycles. The molecule has 2 saturated heterocycles. The van der Waals surface area contributed by atoms with Crippen molar-refractivity contribution in [3.63, 3.8) is 0 Å². The topological polar surface area (TPSA) is 84.7 Å². The van der Waals surface area contributed by atoms with Gasteiger partial charge in [0.25, 0.3) is 11.1 Å². The Balaban J connectivity index is 1.54. The lowest BCUT2D eigenvalue weighted by atomic mass is 10.2. The molecule has 4 rings (SSSR count). The van der Waals surface area contributed by atoms with Gasteiger partial charge in [0.05, 0.1) is 30.0 Å². The summed E-state index contributed by atoms with van der Waals surface area (Å²) < 4.78 is 7.29. The number of aromatic nitrogens is 2. The first-order valence-electron chi connectivity index (χ1n) is 9.66. The Bertz CT molecular complexity index is 1030. The zero-order valence-corrected chi connectivity index (χ0v) is 17.6. The lowest BCUT2D eigenvalue weighted by molar-refractivity contribution is -0.139. The van der Waals surface area contributed by atoms with Crippen LogP contribution in [0.1, 0.15) is 17.0 Å². The number of rotatable bonds is 4. The molecule has 9 heteroatoms. The molecule has 2 aliphatic rings. The summed E-state index contributed by atoms with van der Waals surface area (Å²) in [5, 5.41) is -0.422. The van der Waals surface area contributed by atoms with Crippen LogP contribution in [0.4, 0.5) is 4.79 Å². The number of aryl methyl sites for hydroxylation is 1. The molecule has 0 radical (unpaired) electrons. The maximum absolute atomic E-state index is 12.8. The fourth-order valence-electron chi connectivity index (χ4n) is 3.64. The third kappa shape index (κ3) is 3.90. The van der Waals surface area contributed by atoms with Gasteiger partial charge in [-0.1, -0.05) is 0 Å². The molecular formula is C21H22N4O4S. The van der Waals surface area contributed by atoms with Crippen molar-refractivity contribution in [1.82, 2.24) is 19.4 Å². The smallest absolute Gasteiger partial charge is 0.294 e. The molecular weight excluding hydrogens is 404 g/mol. The lowest BCUT2D eigenvalue weighted by Crippen LogP contribution is -2.46. The first kappa shape index (κ1) is 20.4. The number of thioether (sulfide) groups is 1. The normalized spacial score (nSPS) is 18.5. The molecule has 8 nitrogen and oxygen atoms in total. The van der Waals surface area contributed by atoms with Crippen LogP contribution in [0.2, 0.25) is 0 Å². The maximum Gasteiger partial charge on any atom is 0.294 e. The molecule has 2 aromatic heterocycles. The Labute approximate surface area is 178 Å². The first-order chi connectivity index (χ1) is 14.5. The van der Waals surface area contributed by atoms with E-state index >= 15 is 0 Å². The highest BCUT2D eigenvalue weighted by atomic mass is 32.2. The molecule has 4 heterocycles. The Morgan fingerprint density at radius 3 is 2.73 bits per heavy atom. The monoisotopic (exact) mass is 426 g/mol. The number of carbonyl (C=O) groups is 3. The second kappa shape index (κ2) is 8.45. The fourth-order valence-corrected chi connectivity index (χ4v) is 4.47. The second-order valence-corrected chi connectivity index (χ2v) is 8.13. The third-order valence-electron chi connectivity index (χ3n) is 5.19. The highest BCUT2D eigenvalue weighted by Gasteiger charge is 2.37. The predicted octanol–water partition coefficient (Wildman–Crippen LogP) is 2.38. The van der Waals surface area contributed by atoms with Gasteiger partial charge in [0.1, 0.15) is 6.54 Å². The van der Waals surface area contributed by atoms with Gasteiger partial charge in [-0.05, 0) is 55.4 Å². The first-order valence-corrected chi connectivity index (χ1v) is 10.5. The van der Waals surface area contributed by atoms with Crippen LogP contribution in [0.25, 0.3) is 11.8 Å². The molecule has 0 aromatic carbocycles. The van der Waals surface area contributed by atoms with Crippen LogP contribution in [0.15, 0.2) is 35.5 Å². The standard InChI is InChI=1S/C21H22N4O4S/c1-14-10-16(15(2)25(14)17-4-3-5-22-12-17)11-18-20(27)24(21(28)30-18)13-19(26)23-6-8-29-9-7-23/h3-5,10-12H,6-9,13H2,1-2H3. The van der Waals surface area contributed by atoms with Gasteiger partial charge >= 0.3 is 0 Å². The summed E-state index contributed by atoms with van der Waals surface area (Å²) in [6.45, 7) is 5.59. The number of hydrogen-bond acceptors (Lipinski definition) is 6. The molecule has 3 amide bonds. The number of pyridine rings is 1. The van der Waals surface area contributed by atoms with Gasteiger partial charge in [-0.15, -0.1) is 0 Å². The highest BCUT2D eigenvalue weighted by molar-refractivity contribution is 8.18. The third-order valence-corrected chi connectivity index (χ3v) is 6.10. The van der Waals surface area contributed by atoms with Gasteiger partial charge in [-0.25, -0.2) is 0 Å². The molecule has 0 atom stereocenters. The van der Waals surface area contributed by atoms with Crippen molar-refractivity contribution < 1.29 is 19.1 Å². The van der Waals surface area contributed by atoms with Gasteiger partial charge in [0, 0.05) is 30.7 Å². The molecule has 30 heavy (non-hydrogen) atoms. The van der Waals surface area contributed by atoms with Crippen molar-refractivity contribution in [2.75, 3.05) is 32.8 Å². The molecule has 0 unspecified atom stereocenters. The fraction of sp³-hybridized carbons (Fsp3) is 0.333. The average Bonchev–Trinajstić information content (AvgIpc) is 3.18. The SMILES string of the molecule is Cc1cc(C=C2SC(=O)N(CC(=O)N3CCOCC3)C2=O)c(C)n1-c1cccnc1. The highest BCUT2D eigenvalue weighted by Crippen LogP contribution is 2.33. The lowest BCUT2D eigenvalue weighted by Gasteiger charge is -2.28. The Morgan fingerprint density at radius 1 is 1.27 bits per heavy atom. The molecule has 2 aromatic rings.